The van der Waals surface area contributed by atoms with Gasteiger partial charge >= 0.3 is 5.97 Å². The lowest BCUT2D eigenvalue weighted by Crippen LogP contribution is -2.29. The summed E-state index contributed by atoms with van der Waals surface area (Å²) in [5.41, 5.74) is 6.72. The summed E-state index contributed by atoms with van der Waals surface area (Å²) in [6.45, 7) is 0. The van der Waals surface area contributed by atoms with Crippen LogP contribution < -0.4 is 5.73 Å². The molecule has 1 atom stereocenters. The SMILES string of the molecule is COC(=O)C(N)/C=C/Cc1ccccc1. The molecule has 3 nitrogen and oxygen atoms in total. The van der Waals surface area contributed by atoms with Crippen molar-refractivity contribution in [1.82, 2.24) is 0 Å². The van der Waals surface area contributed by atoms with Crippen LogP contribution in [0, 0.1) is 0 Å². The Labute approximate surface area is 89.5 Å². The first-order valence-electron chi connectivity index (χ1n) is 4.78. The fourth-order valence-corrected chi connectivity index (χ4v) is 1.18. The van der Waals surface area contributed by atoms with Gasteiger partial charge in [-0.05, 0) is 12.0 Å². The molecule has 0 saturated carbocycles. The molecule has 0 radical (unpaired) electrons. The van der Waals surface area contributed by atoms with Crippen molar-refractivity contribution in [3.05, 3.63) is 48.0 Å². The summed E-state index contributed by atoms with van der Waals surface area (Å²) in [4.78, 5) is 11.0. The van der Waals surface area contributed by atoms with Crippen LogP contribution in [0.3, 0.4) is 0 Å². The average Bonchev–Trinajstić information content (AvgIpc) is 2.29. The highest BCUT2D eigenvalue weighted by Crippen LogP contribution is 2.00. The predicted octanol–water partition coefficient (Wildman–Crippen LogP) is 1.29. The summed E-state index contributed by atoms with van der Waals surface area (Å²) in [6.07, 6.45) is 4.29. The second-order valence-electron chi connectivity index (χ2n) is 3.17. The van der Waals surface area contributed by atoms with Gasteiger partial charge in [0, 0.05) is 0 Å². The minimum atomic E-state index is -0.668. The molecule has 1 unspecified atom stereocenters. The van der Waals surface area contributed by atoms with Gasteiger partial charge in [-0.15, -0.1) is 0 Å². The normalized spacial score (nSPS) is 12.7. The zero-order valence-electron chi connectivity index (χ0n) is 8.72. The van der Waals surface area contributed by atoms with Gasteiger partial charge in [0.05, 0.1) is 7.11 Å². The van der Waals surface area contributed by atoms with E-state index in [0.29, 0.717) is 0 Å². The van der Waals surface area contributed by atoms with E-state index in [1.165, 1.54) is 12.7 Å². The largest absolute Gasteiger partial charge is 0.468 e. The zero-order valence-corrected chi connectivity index (χ0v) is 8.72. The number of nitrogens with two attached hydrogens (primary N) is 1. The summed E-state index contributed by atoms with van der Waals surface area (Å²) >= 11 is 0. The fraction of sp³-hybridized carbons (Fsp3) is 0.250. The Balaban J connectivity index is 2.43. The Kier molecular flexibility index (Phi) is 4.57. The zero-order chi connectivity index (χ0) is 11.1. The van der Waals surface area contributed by atoms with E-state index in [9.17, 15) is 4.79 Å². The topological polar surface area (TPSA) is 52.3 Å². The van der Waals surface area contributed by atoms with E-state index >= 15 is 0 Å². The highest BCUT2D eigenvalue weighted by atomic mass is 16.5. The second kappa shape index (κ2) is 5.98. The van der Waals surface area contributed by atoms with Crippen LogP contribution in [0.4, 0.5) is 0 Å². The molecule has 80 valence electrons. The van der Waals surface area contributed by atoms with E-state index in [-0.39, 0.29) is 0 Å². The fourth-order valence-electron chi connectivity index (χ4n) is 1.18. The molecular weight excluding hydrogens is 190 g/mol. The first-order valence-corrected chi connectivity index (χ1v) is 4.78. The highest BCUT2D eigenvalue weighted by molar-refractivity contribution is 5.77. The summed E-state index contributed by atoms with van der Waals surface area (Å²) < 4.78 is 4.50. The molecule has 15 heavy (non-hydrogen) atoms. The minimum absolute atomic E-state index is 0.417. The van der Waals surface area contributed by atoms with Gasteiger partial charge in [-0.1, -0.05) is 42.5 Å². The Morgan fingerprint density at radius 3 is 2.73 bits per heavy atom. The van der Waals surface area contributed by atoms with E-state index in [4.69, 9.17) is 5.73 Å². The van der Waals surface area contributed by atoms with E-state index in [2.05, 4.69) is 4.74 Å². The summed E-state index contributed by atoms with van der Waals surface area (Å²) in [7, 11) is 1.33. The molecule has 0 fully saturated rings. The number of ether oxygens (including phenoxy) is 1. The Bertz CT molecular complexity index is 333. The molecule has 2 N–H and O–H groups in total. The van der Waals surface area contributed by atoms with Crippen LogP contribution in [0.2, 0.25) is 0 Å². The Morgan fingerprint density at radius 1 is 1.47 bits per heavy atom. The number of carbonyl (C=O) groups excluding carboxylic acids is 1. The molecule has 0 amide bonds. The Hall–Kier alpha value is -1.61. The van der Waals surface area contributed by atoms with Crippen LogP contribution in [0.5, 0.6) is 0 Å². The maximum Gasteiger partial charge on any atom is 0.326 e. The maximum absolute atomic E-state index is 11.0. The Morgan fingerprint density at radius 2 is 2.13 bits per heavy atom. The van der Waals surface area contributed by atoms with Gasteiger partial charge in [-0.2, -0.15) is 0 Å². The van der Waals surface area contributed by atoms with Crippen molar-refractivity contribution in [2.75, 3.05) is 7.11 Å². The van der Waals surface area contributed by atoms with Crippen molar-refractivity contribution < 1.29 is 9.53 Å². The highest BCUT2D eigenvalue weighted by Gasteiger charge is 2.08. The van der Waals surface area contributed by atoms with Crippen molar-refractivity contribution >= 4 is 5.97 Å². The standard InChI is InChI=1S/C12H15NO2/c1-15-12(14)11(13)9-5-8-10-6-3-2-4-7-10/h2-7,9,11H,8,13H2,1H3/b9-5+. The third-order valence-electron chi connectivity index (χ3n) is 2.01. The van der Waals surface area contributed by atoms with E-state index in [1.54, 1.807) is 6.08 Å². The van der Waals surface area contributed by atoms with Crippen molar-refractivity contribution in [2.45, 2.75) is 12.5 Å². The summed E-state index contributed by atoms with van der Waals surface area (Å²) in [6, 6.07) is 9.29. The molecule has 1 aromatic carbocycles. The molecule has 0 aliphatic heterocycles. The molecule has 0 aliphatic carbocycles. The minimum Gasteiger partial charge on any atom is -0.468 e. The number of carbonyl (C=O) groups is 1. The van der Waals surface area contributed by atoms with Crippen LogP contribution >= 0.6 is 0 Å². The molecule has 1 aromatic rings. The number of hydrogen-bond donors (Lipinski definition) is 1. The van der Waals surface area contributed by atoms with Crippen molar-refractivity contribution in [2.24, 2.45) is 5.73 Å². The number of hydrogen-bond acceptors (Lipinski definition) is 3. The van der Waals surface area contributed by atoms with Gasteiger partial charge < -0.3 is 10.5 Å². The van der Waals surface area contributed by atoms with Crippen LogP contribution in [-0.4, -0.2) is 19.1 Å². The molecular formula is C12H15NO2. The van der Waals surface area contributed by atoms with Crippen LogP contribution in [0.25, 0.3) is 0 Å². The van der Waals surface area contributed by atoms with Crippen molar-refractivity contribution in [3.8, 4) is 0 Å². The number of esters is 1. The molecule has 0 saturated heterocycles. The quantitative estimate of drug-likeness (QED) is 0.595. The van der Waals surface area contributed by atoms with Gasteiger partial charge in [-0.3, -0.25) is 4.79 Å². The van der Waals surface area contributed by atoms with Gasteiger partial charge in [0.25, 0.3) is 0 Å². The van der Waals surface area contributed by atoms with Crippen LogP contribution in [-0.2, 0) is 16.0 Å². The maximum atomic E-state index is 11.0. The molecule has 0 heterocycles. The summed E-state index contributed by atoms with van der Waals surface area (Å²) in [5, 5.41) is 0. The lowest BCUT2D eigenvalue weighted by molar-refractivity contribution is -0.140. The number of methoxy groups -OCH3 is 1. The predicted molar refractivity (Wildman–Crippen MR) is 59.3 cm³/mol. The van der Waals surface area contributed by atoms with Gasteiger partial charge in [0.1, 0.15) is 6.04 Å². The number of benzene rings is 1. The van der Waals surface area contributed by atoms with Gasteiger partial charge in [0.15, 0.2) is 0 Å². The molecule has 0 bridgehead atoms. The second-order valence-corrected chi connectivity index (χ2v) is 3.17. The van der Waals surface area contributed by atoms with Gasteiger partial charge in [-0.25, -0.2) is 0 Å². The summed E-state index contributed by atoms with van der Waals surface area (Å²) in [5.74, 6) is -0.417. The number of allylic oxidation sites excluding steroid dienone is 1. The van der Waals surface area contributed by atoms with E-state index < -0.39 is 12.0 Å². The molecule has 0 aromatic heterocycles. The number of rotatable bonds is 4. The van der Waals surface area contributed by atoms with Crippen molar-refractivity contribution in [3.63, 3.8) is 0 Å². The monoisotopic (exact) mass is 205 g/mol. The van der Waals surface area contributed by atoms with Crippen LogP contribution in [0.1, 0.15) is 5.56 Å². The molecule has 3 heteroatoms. The van der Waals surface area contributed by atoms with Gasteiger partial charge in [0.2, 0.25) is 0 Å². The first-order chi connectivity index (χ1) is 7.24. The van der Waals surface area contributed by atoms with E-state index in [1.807, 2.05) is 36.4 Å². The average molecular weight is 205 g/mol. The van der Waals surface area contributed by atoms with E-state index in [0.717, 1.165) is 6.42 Å². The smallest absolute Gasteiger partial charge is 0.326 e. The molecule has 0 aliphatic rings. The lowest BCUT2D eigenvalue weighted by atomic mass is 10.1. The lowest BCUT2D eigenvalue weighted by Gasteiger charge is -2.02. The first kappa shape index (κ1) is 11.5. The molecule has 1 rings (SSSR count). The van der Waals surface area contributed by atoms with Crippen LogP contribution in [0.15, 0.2) is 42.5 Å². The van der Waals surface area contributed by atoms with Crippen molar-refractivity contribution in [1.29, 1.82) is 0 Å². The third kappa shape index (κ3) is 3.95. The third-order valence-corrected chi connectivity index (χ3v) is 2.01. The molecule has 0 spiro atoms.